The molecular weight excluding hydrogens is 348 g/mol. The fourth-order valence-corrected chi connectivity index (χ4v) is 2.51. The van der Waals surface area contributed by atoms with Crippen LogP contribution in [0, 0.1) is 5.41 Å². The van der Waals surface area contributed by atoms with Gasteiger partial charge in [0.25, 0.3) is 5.91 Å². The molecule has 1 aromatic rings. The summed E-state index contributed by atoms with van der Waals surface area (Å²) in [5.74, 6) is 0.683. The molecule has 1 N–H and O–H groups in total. The van der Waals surface area contributed by atoms with Crippen LogP contribution in [-0.4, -0.2) is 57.2 Å². The number of hydrogen-bond acceptors (Lipinski definition) is 5. The number of carbonyl (C=O) groups is 2. The number of rotatable bonds is 5. The number of carbonyl (C=O) groups excluding carboxylic acids is 2. The second kappa shape index (κ2) is 8.90. The van der Waals surface area contributed by atoms with Crippen LogP contribution < -0.4 is 14.8 Å². The predicted molar refractivity (Wildman–Crippen MR) is 103 cm³/mol. The molecule has 1 saturated heterocycles. The molecule has 1 aliphatic heterocycles. The van der Waals surface area contributed by atoms with Gasteiger partial charge in [-0.3, -0.25) is 9.59 Å². The predicted octanol–water partition coefficient (Wildman–Crippen LogP) is 2.07. The molecule has 0 unspecified atom stereocenters. The molecule has 7 nitrogen and oxygen atoms in total. The van der Waals surface area contributed by atoms with E-state index in [9.17, 15) is 9.59 Å². The van der Waals surface area contributed by atoms with Gasteiger partial charge >= 0.3 is 0 Å². The lowest BCUT2D eigenvalue weighted by atomic mass is 9.95. The van der Waals surface area contributed by atoms with Crippen molar-refractivity contribution in [3.05, 3.63) is 29.5 Å². The van der Waals surface area contributed by atoms with Crippen molar-refractivity contribution in [1.29, 1.82) is 0 Å². The summed E-state index contributed by atoms with van der Waals surface area (Å²) in [6.45, 7) is 7.37. The zero-order chi connectivity index (χ0) is 20.0. The average molecular weight is 376 g/mol. The molecule has 148 valence electrons. The SMILES string of the molecule is COc1ccc(/C=C(\NC(=O)C(C)(C)C)C(=O)N2CCOCC2)cc1OC. The number of nitrogens with zero attached hydrogens (tertiary/aromatic N) is 1. The molecule has 27 heavy (non-hydrogen) atoms. The van der Waals surface area contributed by atoms with Crippen LogP contribution in [0.5, 0.6) is 11.5 Å². The van der Waals surface area contributed by atoms with Crippen LogP contribution in [0.1, 0.15) is 26.3 Å². The maximum absolute atomic E-state index is 13.0. The molecule has 1 aliphatic rings. The van der Waals surface area contributed by atoms with E-state index in [4.69, 9.17) is 14.2 Å². The van der Waals surface area contributed by atoms with E-state index >= 15 is 0 Å². The highest BCUT2D eigenvalue weighted by atomic mass is 16.5. The first-order valence-corrected chi connectivity index (χ1v) is 8.88. The summed E-state index contributed by atoms with van der Waals surface area (Å²) in [6, 6.07) is 5.32. The molecule has 1 heterocycles. The summed E-state index contributed by atoms with van der Waals surface area (Å²) < 4.78 is 15.9. The highest BCUT2D eigenvalue weighted by Gasteiger charge is 2.27. The van der Waals surface area contributed by atoms with Crippen molar-refractivity contribution in [2.75, 3.05) is 40.5 Å². The summed E-state index contributed by atoms with van der Waals surface area (Å²) in [5.41, 5.74) is 0.324. The van der Waals surface area contributed by atoms with Gasteiger partial charge in [-0.05, 0) is 23.8 Å². The first kappa shape index (κ1) is 20.8. The number of amides is 2. The van der Waals surface area contributed by atoms with Crippen molar-refractivity contribution in [3.63, 3.8) is 0 Å². The lowest BCUT2D eigenvalue weighted by Gasteiger charge is -2.28. The van der Waals surface area contributed by atoms with Crippen LogP contribution >= 0.6 is 0 Å². The molecule has 0 bridgehead atoms. The van der Waals surface area contributed by atoms with E-state index in [1.54, 1.807) is 64.2 Å². The minimum Gasteiger partial charge on any atom is -0.493 e. The van der Waals surface area contributed by atoms with E-state index in [2.05, 4.69) is 5.32 Å². The van der Waals surface area contributed by atoms with Gasteiger partial charge in [-0.1, -0.05) is 26.8 Å². The van der Waals surface area contributed by atoms with Gasteiger partial charge in [-0.2, -0.15) is 0 Å². The summed E-state index contributed by atoms with van der Waals surface area (Å²) in [7, 11) is 3.11. The Hall–Kier alpha value is -2.54. The van der Waals surface area contributed by atoms with Crippen LogP contribution in [0.25, 0.3) is 6.08 Å². The fraction of sp³-hybridized carbons (Fsp3) is 0.500. The van der Waals surface area contributed by atoms with Gasteiger partial charge in [0.2, 0.25) is 5.91 Å². The molecule has 0 atom stereocenters. The Balaban J connectivity index is 2.36. The number of nitrogens with one attached hydrogen (secondary N) is 1. The van der Waals surface area contributed by atoms with Crippen molar-refractivity contribution in [2.24, 2.45) is 5.41 Å². The van der Waals surface area contributed by atoms with Crippen molar-refractivity contribution in [1.82, 2.24) is 10.2 Å². The second-order valence-electron chi connectivity index (χ2n) is 7.28. The Morgan fingerprint density at radius 3 is 2.30 bits per heavy atom. The molecule has 0 aliphatic carbocycles. The number of morpholine rings is 1. The topological polar surface area (TPSA) is 77.1 Å². The highest BCUT2D eigenvalue weighted by molar-refractivity contribution is 6.02. The molecule has 0 saturated carbocycles. The molecule has 1 aromatic carbocycles. The second-order valence-corrected chi connectivity index (χ2v) is 7.28. The molecule has 0 aromatic heterocycles. The quantitative estimate of drug-likeness (QED) is 0.796. The normalized spacial score (nSPS) is 15.3. The van der Waals surface area contributed by atoms with Gasteiger partial charge in [0.1, 0.15) is 5.70 Å². The minimum atomic E-state index is -0.623. The maximum atomic E-state index is 13.0. The van der Waals surface area contributed by atoms with E-state index in [1.807, 2.05) is 0 Å². The van der Waals surface area contributed by atoms with Crippen LogP contribution in [-0.2, 0) is 14.3 Å². The lowest BCUT2D eigenvalue weighted by Crippen LogP contribution is -2.46. The number of methoxy groups -OCH3 is 2. The van der Waals surface area contributed by atoms with E-state index in [-0.39, 0.29) is 17.5 Å². The van der Waals surface area contributed by atoms with Crippen molar-refractivity contribution < 1.29 is 23.8 Å². The average Bonchev–Trinajstić information content (AvgIpc) is 2.66. The maximum Gasteiger partial charge on any atom is 0.270 e. The van der Waals surface area contributed by atoms with Crippen molar-refractivity contribution in [2.45, 2.75) is 20.8 Å². The summed E-state index contributed by atoms with van der Waals surface area (Å²) in [5, 5.41) is 2.79. The smallest absolute Gasteiger partial charge is 0.270 e. The third-order valence-electron chi connectivity index (χ3n) is 4.18. The zero-order valence-corrected chi connectivity index (χ0v) is 16.6. The molecule has 1 fully saturated rings. The zero-order valence-electron chi connectivity index (χ0n) is 16.6. The van der Waals surface area contributed by atoms with E-state index in [0.29, 0.717) is 37.8 Å². The van der Waals surface area contributed by atoms with E-state index < -0.39 is 5.41 Å². The van der Waals surface area contributed by atoms with Gasteiger partial charge < -0.3 is 24.4 Å². The largest absolute Gasteiger partial charge is 0.493 e. The first-order chi connectivity index (χ1) is 12.8. The van der Waals surface area contributed by atoms with Crippen LogP contribution in [0.3, 0.4) is 0 Å². The first-order valence-electron chi connectivity index (χ1n) is 8.88. The Morgan fingerprint density at radius 1 is 1.11 bits per heavy atom. The molecule has 7 heteroatoms. The molecule has 2 rings (SSSR count). The Bertz CT molecular complexity index is 716. The molecular formula is C20H28N2O5. The van der Waals surface area contributed by atoms with Crippen LogP contribution in [0.4, 0.5) is 0 Å². The Labute approximate surface area is 160 Å². The van der Waals surface area contributed by atoms with E-state index in [1.165, 1.54) is 0 Å². The van der Waals surface area contributed by atoms with Gasteiger partial charge in [0.05, 0.1) is 27.4 Å². The van der Waals surface area contributed by atoms with Crippen molar-refractivity contribution in [3.8, 4) is 11.5 Å². The molecule has 2 amide bonds. The fourth-order valence-electron chi connectivity index (χ4n) is 2.51. The molecule has 0 spiro atoms. The van der Waals surface area contributed by atoms with Crippen LogP contribution in [0.2, 0.25) is 0 Å². The Morgan fingerprint density at radius 2 is 1.74 bits per heavy atom. The van der Waals surface area contributed by atoms with Gasteiger partial charge in [-0.25, -0.2) is 0 Å². The van der Waals surface area contributed by atoms with Gasteiger partial charge in [0, 0.05) is 18.5 Å². The highest BCUT2D eigenvalue weighted by Crippen LogP contribution is 2.28. The van der Waals surface area contributed by atoms with E-state index in [0.717, 1.165) is 5.56 Å². The lowest BCUT2D eigenvalue weighted by molar-refractivity contribution is -0.134. The standard InChI is InChI=1S/C20H28N2O5/c1-20(2,3)19(24)21-15(18(23)22-8-10-27-11-9-22)12-14-6-7-16(25-4)17(13-14)26-5/h6-7,12-13H,8-11H2,1-5H3,(H,21,24)/b15-12-. The monoisotopic (exact) mass is 376 g/mol. The van der Waals surface area contributed by atoms with Gasteiger partial charge in [-0.15, -0.1) is 0 Å². The minimum absolute atomic E-state index is 0.226. The number of benzene rings is 1. The third kappa shape index (κ3) is 5.47. The van der Waals surface area contributed by atoms with Crippen molar-refractivity contribution >= 4 is 17.9 Å². The van der Waals surface area contributed by atoms with Crippen LogP contribution in [0.15, 0.2) is 23.9 Å². The number of ether oxygens (including phenoxy) is 3. The third-order valence-corrected chi connectivity index (χ3v) is 4.18. The number of hydrogen-bond donors (Lipinski definition) is 1. The summed E-state index contributed by atoms with van der Waals surface area (Å²) >= 11 is 0. The summed E-state index contributed by atoms with van der Waals surface area (Å²) in [4.78, 5) is 27.1. The Kier molecular flexibility index (Phi) is 6.85. The summed E-state index contributed by atoms with van der Waals surface area (Å²) in [6.07, 6.45) is 1.66. The van der Waals surface area contributed by atoms with Gasteiger partial charge in [0.15, 0.2) is 11.5 Å². The molecule has 0 radical (unpaired) electrons.